The van der Waals surface area contributed by atoms with Crippen molar-refractivity contribution in [1.29, 1.82) is 5.26 Å². The largest absolute Gasteiger partial charge is 0.325 e. The normalized spacial score (nSPS) is 12.7. The van der Waals surface area contributed by atoms with E-state index in [1.807, 2.05) is 12.1 Å². The van der Waals surface area contributed by atoms with E-state index in [9.17, 15) is 19.2 Å². The van der Waals surface area contributed by atoms with Crippen LogP contribution >= 0.6 is 0 Å². The minimum absolute atomic E-state index is 0.117. The van der Waals surface area contributed by atoms with E-state index in [4.69, 9.17) is 0 Å². The lowest BCUT2D eigenvalue weighted by molar-refractivity contribution is -0.117. The number of hydrogen-bond acceptors (Lipinski definition) is 4. The van der Waals surface area contributed by atoms with Gasteiger partial charge in [0.2, 0.25) is 5.91 Å². The SMILES string of the molecule is CC[C@H](C)c1ccc(NC(=O)[C@@H](C#N)C(=O)c2cncc(F)c2)cc1. The van der Waals surface area contributed by atoms with Crippen LogP contribution in [0, 0.1) is 23.1 Å². The van der Waals surface area contributed by atoms with Gasteiger partial charge in [0.05, 0.1) is 12.3 Å². The second-order valence-electron chi connectivity index (χ2n) is 5.74. The molecule has 2 atom stereocenters. The monoisotopic (exact) mass is 339 g/mol. The van der Waals surface area contributed by atoms with Crippen LogP contribution in [0.25, 0.3) is 0 Å². The molecule has 128 valence electrons. The molecule has 0 aliphatic heterocycles. The summed E-state index contributed by atoms with van der Waals surface area (Å²) < 4.78 is 13.2. The number of hydrogen-bond donors (Lipinski definition) is 1. The summed E-state index contributed by atoms with van der Waals surface area (Å²) in [5.41, 5.74) is 1.51. The highest BCUT2D eigenvalue weighted by Crippen LogP contribution is 2.21. The summed E-state index contributed by atoms with van der Waals surface area (Å²) in [4.78, 5) is 28.1. The maximum atomic E-state index is 13.2. The summed E-state index contributed by atoms with van der Waals surface area (Å²) in [6, 6.07) is 9.85. The fourth-order valence-electron chi connectivity index (χ4n) is 2.29. The predicted molar refractivity (Wildman–Crippen MR) is 91.4 cm³/mol. The van der Waals surface area contributed by atoms with Gasteiger partial charge in [-0.25, -0.2) is 4.39 Å². The van der Waals surface area contributed by atoms with Crippen LogP contribution in [0.5, 0.6) is 0 Å². The number of ketones is 1. The minimum atomic E-state index is -1.57. The van der Waals surface area contributed by atoms with Gasteiger partial charge in [-0.3, -0.25) is 14.6 Å². The van der Waals surface area contributed by atoms with E-state index in [2.05, 4.69) is 24.1 Å². The Labute approximate surface area is 145 Å². The maximum Gasteiger partial charge on any atom is 0.249 e. The third-order valence-electron chi connectivity index (χ3n) is 4.00. The van der Waals surface area contributed by atoms with E-state index in [0.717, 1.165) is 30.4 Å². The van der Waals surface area contributed by atoms with Crippen LogP contribution in [0.1, 0.15) is 42.1 Å². The van der Waals surface area contributed by atoms with E-state index < -0.39 is 23.4 Å². The summed E-state index contributed by atoms with van der Waals surface area (Å²) in [6.07, 6.45) is 3.07. The number of nitrogens with zero attached hydrogens (tertiary/aromatic N) is 2. The highest BCUT2D eigenvalue weighted by atomic mass is 19.1. The molecule has 1 aromatic carbocycles. The number of nitriles is 1. The average Bonchev–Trinajstić information content (AvgIpc) is 2.62. The number of carbonyl (C=O) groups excluding carboxylic acids is 2. The van der Waals surface area contributed by atoms with Crippen molar-refractivity contribution in [2.45, 2.75) is 26.2 Å². The number of amides is 1. The fraction of sp³-hybridized carbons (Fsp3) is 0.263. The topological polar surface area (TPSA) is 82.9 Å². The molecule has 2 aromatic rings. The van der Waals surface area contributed by atoms with Crippen LogP contribution in [0.4, 0.5) is 10.1 Å². The highest BCUT2D eigenvalue weighted by Gasteiger charge is 2.28. The zero-order valence-corrected chi connectivity index (χ0v) is 14.0. The molecule has 0 saturated heterocycles. The first-order chi connectivity index (χ1) is 12.0. The molecule has 25 heavy (non-hydrogen) atoms. The van der Waals surface area contributed by atoms with Gasteiger partial charge in [-0.05, 0) is 36.1 Å². The zero-order chi connectivity index (χ0) is 18.4. The van der Waals surface area contributed by atoms with E-state index in [0.29, 0.717) is 11.6 Å². The Balaban J connectivity index is 2.12. The summed E-state index contributed by atoms with van der Waals surface area (Å²) in [5, 5.41) is 11.7. The Morgan fingerprint density at radius 1 is 1.28 bits per heavy atom. The fourth-order valence-corrected chi connectivity index (χ4v) is 2.29. The predicted octanol–water partition coefficient (Wildman–Crippen LogP) is 3.70. The number of pyridine rings is 1. The smallest absolute Gasteiger partial charge is 0.249 e. The number of benzene rings is 1. The van der Waals surface area contributed by atoms with Crippen LogP contribution < -0.4 is 5.32 Å². The van der Waals surface area contributed by atoms with Gasteiger partial charge in [-0.2, -0.15) is 5.26 Å². The van der Waals surface area contributed by atoms with Gasteiger partial charge >= 0.3 is 0 Å². The summed E-state index contributed by atoms with van der Waals surface area (Å²) in [7, 11) is 0. The molecule has 6 heteroatoms. The van der Waals surface area contributed by atoms with Crippen molar-refractivity contribution in [3.8, 4) is 6.07 Å². The van der Waals surface area contributed by atoms with E-state index >= 15 is 0 Å². The first-order valence-electron chi connectivity index (χ1n) is 7.91. The van der Waals surface area contributed by atoms with Crippen molar-refractivity contribution in [3.63, 3.8) is 0 Å². The molecule has 1 aromatic heterocycles. The van der Waals surface area contributed by atoms with Gasteiger partial charge in [0, 0.05) is 17.4 Å². The van der Waals surface area contributed by atoms with E-state index in [1.54, 1.807) is 18.2 Å². The lowest BCUT2D eigenvalue weighted by Gasteiger charge is -2.12. The van der Waals surface area contributed by atoms with Gasteiger partial charge in [0.15, 0.2) is 11.7 Å². The minimum Gasteiger partial charge on any atom is -0.325 e. The summed E-state index contributed by atoms with van der Waals surface area (Å²) >= 11 is 0. The highest BCUT2D eigenvalue weighted by molar-refractivity contribution is 6.15. The molecule has 0 unspecified atom stereocenters. The number of rotatable bonds is 6. The van der Waals surface area contributed by atoms with E-state index in [-0.39, 0.29) is 5.56 Å². The lowest BCUT2D eigenvalue weighted by atomic mass is 9.98. The molecular weight excluding hydrogens is 321 g/mol. The molecule has 5 nitrogen and oxygen atoms in total. The average molecular weight is 339 g/mol. The number of halogens is 1. The molecule has 0 aliphatic carbocycles. The maximum absolute atomic E-state index is 13.2. The van der Waals surface area contributed by atoms with Crippen LogP contribution in [-0.4, -0.2) is 16.7 Å². The third-order valence-corrected chi connectivity index (χ3v) is 4.00. The number of Topliss-reactive ketones (excluding diaryl/α,β-unsaturated/α-hetero) is 1. The molecule has 1 heterocycles. The molecule has 0 radical (unpaired) electrons. The second-order valence-corrected chi connectivity index (χ2v) is 5.74. The van der Waals surface area contributed by atoms with Crippen LogP contribution in [0.3, 0.4) is 0 Å². The molecule has 0 bridgehead atoms. The summed E-state index contributed by atoms with van der Waals surface area (Å²) in [5.74, 6) is -3.42. The van der Waals surface area contributed by atoms with Crippen LogP contribution in [0.2, 0.25) is 0 Å². The van der Waals surface area contributed by atoms with Gasteiger partial charge in [0.1, 0.15) is 5.82 Å². The van der Waals surface area contributed by atoms with Gasteiger partial charge in [-0.1, -0.05) is 26.0 Å². The van der Waals surface area contributed by atoms with Gasteiger partial charge in [-0.15, -0.1) is 0 Å². The van der Waals surface area contributed by atoms with Crippen molar-refractivity contribution in [2.75, 3.05) is 5.32 Å². The van der Waals surface area contributed by atoms with Crippen molar-refractivity contribution < 1.29 is 14.0 Å². The number of anilines is 1. The molecule has 1 N–H and O–H groups in total. The molecule has 0 spiro atoms. The number of aromatic nitrogens is 1. The van der Waals surface area contributed by atoms with E-state index in [1.165, 1.54) is 0 Å². The van der Waals surface area contributed by atoms with Crippen molar-refractivity contribution in [1.82, 2.24) is 4.98 Å². The molecule has 0 aliphatic rings. The Bertz CT molecular complexity index is 812. The number of nitrogens with one attached hydrogen (secondary N) is 1. The first kappa shape index (κ1) is 18.3. The van der Waals surface area contributed by atoms with Crippen molar-refractivity contribution >= 4 is 17.4 Å². The zero-order valence-electron chi connectivity index (χ0n) is 14.0. The molecule has 2 rings (SSSR count). The van der Waals surface area contributed by atoms with Crippen LogP contribution in [0.15, 0.2) is 42.7 Å². The van der Waals surface area contributed by atoms with Gasteiger partial charge in [0.25, 0.3) is 0 Å². The standard InChI is InChI=1S/C19H18FN3O2/c1-3-12(2)13-4-6-16(7-5-13)23-19(25)17(9-21)18(24)14-8-15(20)11-22-10-14/h4-8,10-12,17H,3H2,1-2H3,(H,23,25)/t12-,17-/m0/s1. The quantitative estimate of drug-likeness (QED) is 0.642. The second kappa shape index (κ2) is 8.15. The Hall–Kier alpha value is -3.07. The summed E-state index contributed by atoms with van der Waals surface area (Å²) in [6.45, 7) is 4.19. The third kappa shape index (κ3) is 4.48. The van der Waals surface area contributed by atoms with Crippen LogP contribution in [-0.2, 0) is 4.79 Å². The molecular formula is C19H18FN3O2. The van der Waals surface area contributed by atoms with Crippen molar-refractivity contribution in [2.24, 2.45) is 5.92 Å². The molecule has 1 amide bonds. The molecule has 0 fully saturated rings. The first-order valence-corrected chi connectivity index (χ1v) is 7.91. The van der Waals surface area contributed by atoms with Crippen molar-refractivity contribution in [3.05, 3.63) is 59.7 Å². The molecule has 0 saturated carbocycles. The Kier molecular flexibility index (Phi) is 5.96. The van der Waals surface area contributed by atoms with Gasteiger partial charge < -0.3 is 5.32 Å². The Morgan fingerprint density at radius 2 is 1.96 bits per heavy atom. The Morgan fingerprint density at radius 3 is 2.52 bits per heavy atom. The number of carbonyl (C=O) groups is 2. The lowest BCUT2D eigenvalue weighted by Crippen LogP contribution is -2.28.